The van der Waals surface area contributed by atoms with E-state index in [2.05, 4.69) is 20.5 Å². The van der Waals surface area contributed by atoms with Gasteiger partial charge in [-0.05, 0) is 19.0 Å². The van der Waals surface area contributed by atoms with Crippen LogP contribution >= 0.6 is 23.1 Å². The molecule has 0 aliphatic carbocycles. The molecule has 0 unspecified atom stereocenters. The second-order valence-corrected chi connectivity index (χ2v) is 5.50. The van der Waals surface area contributed by atoms with Crippen molar-refractivity contribution in [3.63, 3.8) is 0 Å². The van der Waals surface area contributed by atoms with Crippen LogP contribution in [0, 0.1) is 0 Å². The smallest absolute Gasteiger partial charge is 0.149 e. The molecule has 0 aliphatic rings. The van der Waals surface area contributed by atoms with Crippen LogP contribution in [-0.4, -0.2) is 27.5 Å². The molecule has 0 amide bonds. The van der Waals surface area contributed by atoms with E-state index in [1.165, 1.54) is 0 Å². The predicted molar refractivity (Wildman–Crippen MR) is 67.7 cm³/mol. The van der Waals surface area contributed by atoms with Crippen LogP contribution in [0.5, 0.6) is 0 Å². The molecule has 0 atom stereocenters. The highest BCUT2D eigenvalue weighted by atomic mass is 32.2. The summed E-state index contributed by atoms with van der Waals surface area (Å²) in [5.41, 5.74) is 1.13. The number of nitrogens with one attached hydrogen (secondary N) is 2. The average molecular weight is 254 g/mol. The van der Waals surface area contributed by atoms with Crippen molar-refractivity contribution in [2.75, 3.05) is 12.3 Å². The van der Waals surface area contributed by atoms with Gasteiger partial charge >= 0.3 is 0 Å². The quantitative estimate of drug-likeness (QED) is 0.587. The van der Waals surface area contributed by atoms with E-state index in [0.29, 0.717) is 0 Å². The lowest BCUT2D eigenvalue weighted by Gasteiger charge is -2.01. The Morgan fingerprint density at radius 3 is 3.19 bits per heavy atom. The number of hydrogen-bond acceptors (Lipinski definition) is 5. The van der Waals surface area contributed by atoms with E-state index in [1.807, 2.05) is 29.4 Å². The first-order chi connectivity index (χ1) is 7.95. The van der Waals surface area contributed by atoms with Crippen molar-refractivity contribution in [3.8, 4) is 0 Å². The third kappa shape index (κ3) is 3.96. The lowest BCUT2D eigenvalue weighted by atomic mass is 10.4. The summed E-state index contributed by atoms with van der Waals surface area (Å²) < 4.78 is 1.16. The van der Waals surface area contributed by atoms with E-state index < -0.39 is 0 Å². The molecule has 0 aromatic carbocycles. The molecule has 0 spiro atoms. The van der Waals surface area contributed by atoms with Crippen LogP contribution in [0.4, 0.5) is 0 Å². The van der Waals surface area contributed by atoms with Gasteiger partial charge in [-0.3, -0.25) is 5.10 Å². The molecule has 4 nitrogen and oxygen atoms in total. The number of thiazole rings is 1. The molecule has 0 saturated heterocycles. The van der Waals surface area contributed by atoms with Crippen molar-refractivity contribution >= 4 is 23.1 Å². The molecule has 16 heavy (non-hydrogen) atoms. The average Bonchev–Trinajstić information content (AvgIpc) is 2.96. The Morgan fingerprint density at radius 2 is 2.44 bits per heavy atom. The van der Waals surface area contributed by atoms with E-state index in [9.17, 15) is 0 Å². The molecule has 0 radical (unpaired) electrons. The maximum atomic E-state index is 4.22. The van der Waals surface area contributed by atoms with Crippen molar-refractivity contribution in [1.29, 1.82) is 0 Å². The highest BCUT2D eigenvalue weighted by molar-refractivity contribution is 8.00. The van der Waals surface area contributed by atoms with E-state index in [-0.39, 0.29) is 0 Å². The zero-order valence-corrected chi connectivity index (χ0v) is 10.5. The molecule has 0 bridgehead atoms. The Morgan fingerprint density at radius 1 is 1.44 bits per heavy atom. The second-order valence-electron chi connectivity index (χ2n) is 3.26. The van der Waals surface area contributed by atoms with Crippen molar-refractivity contribution in [2.45, 2.75) is 17.3 Å². The van der Waals surface area contributed by atoms with Crippen molar-refractivity contribution in [1.82, 2.24) is 20.5 Å². The van der Waals surface area contributed by atoms with Crippen molar-refractivity contribution < 1.29 is 0 Å². The Kier molecular flexibility index (Phi) is 4.85. The van der Waals surface area contributed by atoms with Crippen LogP contribution in [0.1, 0.15) is 12.1 Å². The van der Waals surface area contributed by atoms with Gasteiger partial charge in [0, 0.05) is 35.8 Å². The van der Waals surface area contributed by atoms with Crippen LogP contribution in [0.2, 0.25) is 0 Å². The lowest BCUT2D eigenvalue weighted by Crippen LogP contribution is -2.15. The summed E-state index contributed by atoms with van der Waals surface area (Å²) in [6.45, 7) is 1.89. The standard InChI is InChI=1S/C10H14N4S2/c1(6-15-10-12-5-7-16-10)3-11-8-9-2-4-13-14-9/h2,4-5,7,11H,1,3,6,8H2,(H,13,14). The van der Waals surface area contributed by atoms with Crippen LogP contribution in [-0.2, 0) is 6.54 Å². The van der Waals surface area contributed by atoms with Gasteiger partial charge in [0.1, 0.15) is 4.34 Å². The SMILES string of the molecule is c1cc(CNCCCSc2nccs2)[nH]n1. The topological polar surface area (TPSA) is 53.6 Å². The van der Waals surface area contributed by atoms with Crippen LogP contribution in [0.25, 0.3) is 0 Å². The number of nitrogens with zero attached hydrogens (tertiary/aromatic N) is 2. The molecule has 2 N–H and O–H groups in total. The zero-order valence-electron chi connectivity index (χ0n) is 8.85. The first kappa shape index (κ1) is 11.6. The third-order valence-electron chi connectivity index (χ3n) is 2.01. The van der Waals surface area contributed by atoms with Gasteiger partial charge in [-0.1, -0.05) is 11.8 Å². The summed E-state index contributed by atoms with van der Waals surface area (Å²) in [5.74, 6) is 1.11. The summed E-state index contributed by atoms with van der Waals surface area (Å²) in [7, 11) is 0. The van der Waals surface area contributed by atoms with E-state index in [0.717, 1.165) is 35.3 Å². The molecule has 0 saturated carbocycles. The number of hydrogen-bond donors (Lipinski definition) is 2. The second kappa shape index (κ2) is 6.67. The molecule has 6 heteroatoms. The molecule has 2 aromatic rings. The van der Waals surface area contributed by atoms with Gasteiger partial charge in [0.2, 0.25) is 0 Å². The van der Waals surface area contributed by atoms with Gasteiger partial charge in [0.05, 0.1) is 0 Å². The highest BCUT2D eigenvalue weighted by Crippen LogP contribution is 2.20. The van der Waals surface area contributed by atoms with Gasteiger partial charge < -0.3 is 5.32 Å². The first-order valence-electron chi connectivity index (χ1n) is 5.16. The van der Waals surface area contributed by atoms with Gasteiger partial charge in [-0.2, -0.15) is 5.10 Å². The number of rotatable bonds is 7. The molecule has 2 rings (SSSR count). The lowest BCUT2D eigenvalue weighted by molar-refractivity contribution is 0.665. The highest BCUT2D eigenvalue weighted by Gasteiger charge is 1.96. The Balaban J connectivity index is 1.49. The fourth-order valence-corrected chi connectivity index (χ4v) is 2.89. The summed E-state index contributed by atoms with van der Waals surface area (Å²) in [6.07, 6.45) is 4.77. The van der Waals surface area contributed by atoms with E-state index >= 15 is 0 Å². The Labute approximate surface area is 103 Å². The minimum Gasteiger partial charge on any atom is -0.311 e. The fraction of sp³-hybridized carbons (Fsp3) is 0.400. The number of thioether (sulfide) groups is 1. The maximum absolute atomic E-state index is 4.22. The molecule has 0 fully saturated rings. The zero-order chi connectivity index (χ0) is 11.1. The molecule has 2 heterocycles. The van der Waals surface area contributed by atoms with Gasteiger partial charge in [-0.15, -0.1) is 11.3 Å². The van der Waals surface area contributed by atoms with Crippen LogP contribution in [0.15, 0.2) is 28.2 Å². The van der Waals surface area contributed by atoms with E-state index in [4.69, 9.17) is 0 Å². The number of aromatic amines is 1. The summed E-state index contributed by atoms with van der Waals surface area (Å²) in [6, 6.07) is 1.98. The molecule has 86 valence electrons. The summed E-state index contributed by atoms with van der Waals surface area (Å²) >= 11 is 3.53. The summed E-state index contributed by atoms with van der Waals surface area (Å²) in [5, 5.41) is 12.2. The van der Waals surface area contributed by atoms with Crippen LogP contribution in [0.3, 0.4) is 0 Å². The number of aromatic nitrogens is 3. The molecule has 0 aliphatic heterocycles. The minimum absolute atomic E-state index is 0.863. The van der Waals surface area contributed by atoms with Gasteiger partial charge in [-0.25, -0.2) is 4.98 Å². The molecule has 2 aromatic heterocycles. The normalized spacial score (nSPS) is 10.8. The fourth-order valence-electron chi connectivity index (χ4n) is 1.24. The van der Waals surface area contributed by atoms with Crippen LogP contribution < -0.4 is 5.32 Å². The number of H-pyrrole nitrogens is 1. The first-order valence-corrected chi connectivity index (χ1v) is 7.03. The molecular formula is C10H14N4S2. The Bertz CT molecular complexity index is 333. The van der Waals surface area contributed by atoms with Crippen molar-refractivity contribution in [2.24, 2.45) is 0 Å². The Hall–Kier alpha value is -0.850. The monoisotopic (exact) mass is 254 g/mol. The predicted octanol–water partition coefficient (Wildman–Crippen LogP) is 2.14. The maximum Gasteiger partial charge on any atom is 0.149 e. The van der Waals surface area contributed by atoms with Gasteiger partial charge in [0.25, 0.3) is 0 Å². The van der Waals surface area contributed by atoms with E-state index in [1.54, 1.807) is 17.5 Å². The van der Waals surface area contributed by atoms with Crippen molar-refractivity contribution in [3.05, 3.63) is 29.5 Å². The third-order valence-corrected chi connectivity index (χ3v) is 4.06. The summed E-state index contributed by atoms with van der Waals surface area (Å²) in [4.78, 5) is 4.22. The largest absolute Gasteiger partial charge is 0.311 e. The minimum atomic E-state index is 0.863. The van der Waals surface area contributed by atoms with Gasteiger partial charge in [0.15, 0.2) is 0 Å². The molecular weight excluding hydrogens is 240 g/mol.